The van der Waals surface area contributed by atoms with Gasteiger partial charge in [0.15, 0.2) is 0 Å². The first-order valence-corrected chi connectivity index (χ1v) is 4.16. The second-order valence-corrected chi connectivity index (χ2v) is 2.63. The molecule has 0 amide bonds. The Morgan fingerprint density at radius 3 is 3.14 bits per heavy atom. The van der Waals surface area contributed by atoms with Crippen LogP contribution in [0.3, 0.4) is 0 Å². The first-order chi connectivity index (χ1) is 6.75. The van der Waals surface area contributed by atoms with Gasteiger partial charge in [-0.1, -0.05) is 6.08 Å². The lowest BCUT2D eigenvalue weighted by molar-refractivity contribution is -0.389. The van der Waals surface area contributed by atoms with Crippen molar-refractivity contribution in [3.05, 3.63) is 40.1 Å². The summed E-state index contributed by atoms with van der Waals surface area (Å²) in [5.41, 5.74) is 0.521. The van der Waals surface area contributed by atoms with Gasteiger partial charge in [-0.15, -0.1) is 0 Å². The van der Waals surface area contributed by atoms with Crippen LogP contribution < -0.4 is 5.32 Å². The number of nitrogens with zero attached hydrogens (tertiary/aromatic N) is 2. The largest absolute Gasteiger partial charge is 0.370 e. The van der Waals surface area contributed by atoms with E-state index >= 15 is 0 Å². The molecule has 1 aromatic heterocycles. The van der Waals surface area contributed by atoms with Crippen LogP contribution in [0.5, 0.6) is 0 Å². The van der Waals surface area contributed by atoms with Gasteiger partial charge in [0.2, 0.25) is 0 Å². The van der Waals surface area contributed by atoms with Crippen LogP contribution in [0.25, 0.3) is 6.08 Å². The smallest absolute Gasteiger partial charge is 0.358 e. The van der Waals surface area contributed by atoms with Gasteiger partial charge in [0, 0.05) is 6.54 Å². The Bertz CT molecular complexity index is 350. The maximum absolute atomic E-state index is 10.5. The molecule has 0 fully saturated rings. The van der Waals surface area contributed by atoms with Crippen LogP contribution in [0.15, 0.2) is 24.4 Å². The van der Waals surface area contributed by atoms with Crippen LogP contribution in [0.4, 0.5) is 5.82 Å². The number of rotatable bonds is 4. The van der Waals surface area contributed by atoms with E-state index in [1.807, 2.05) is 13.1 Å². The first kappa shape index (κ1) is 10.3. The fourth-order valence-corrected chi connectivity index (χ4v) is 0.996. The third-order valence-corrected chi connectivity index (χ3v) is 1.61. The Kier molecular flexibility index (Phi) is 3.75. The van der Waals surface area contributed by atoms with Crippen molar-refractivity contribution >= 4 is 11.9 Å². The van der Waals surface area contributed by atoms with Gasteiger partial charge < -0.3 is 15.4 Å². The van der Waals surface area contributed by atoms with Crippen LogP contribution in [0.1, 0.15) is 5.56 Å². The summed E-state index contributed by atoms with van der Waals surface area (Å²) in [5, 5.41) is 13.5. The lowest BCUT2D eigenvalue weighted by Crippen LogP contribution is -2.03. The summed E-state index contributed by atoms with van der Waals surface area (Å²) < 4.78 is 0. The van der Waals surface area contributed by atoms with E-state index in [0.717, 1.165) is 0 Å². The molecule has 0 aliphatic heterocycles. The molecule has 0 spiro atoms. The molecule has 0 aromatic carbocycles. The van der Waals surface area contributed by atoms with Crippen LogP contribution in [-0.4, -0.2) is 23.5 Å². The van der Waals surface area contributed by atoms with Crippen molar-refractivity contribution in [1.82, 2.24) is 10.3 Å². The van der Waals surface area contributed by atoms with Gasteiger partial charge in [-0.25, -0.2) is 0 Å². The van der Waals surface area contributed by atoms with E-state index in [4.69, 9.17) is 0 Å². The summed E-state index contributed by atoms with van der Waals surface area (Å²) in [6.45, 7) is 0.673. The van der Waals surface area contributed by atoms with Gasteiger partial charge in [-0.3, -0.25) is 0 Å². The molecule has 0 radical (unpaired) electrons. The van der Waals surface area contributed by atoms with E-state index < -0.39 is 4.92 Å². The van der Waals surface area contributed by atoms with Gasteiger partial charge in [0.05, 0.1) is 5.56 Å². The number of likely N-dealkylation sites (N-methyl/N-ethyl adjacent to an activating group) is 1. The Hall–Kier alpha value is -1.75. The fourth-order valence-electron chi connectivity index (χ4n) is 0.996. The monoisotopic (exact) mass is 193 g/mol. The Balaban J connectivity index is 2.90. The van der Waals surface area contributed by atoms with E-state index in [0.29, 0.717) is 12.1 Å². The van der Waals surface area contributed by atoms with Crippen molar-refractivity contribution in [2.45, 2.75) is 0 Å². The SMILES string of the molecule is CNCC=Cc1cccnc1[N+](=O)[O-]. The number of nitro groups is 1. The average Bonchev–Trinajstić information content (AvgIpc) is 2.19. The third-order valence-electron chi connectivity index (χ3n) is 1.61. The minimum absolute atomic E-state index is 0.111. The molecule has 0 aliphatic carbocycles. The number of hydrogen-bond acceptors (Lipinski definition) is 4. The quantitative estimate of drug-likeness (QED) is 0.576. The first-order valence-electron chi connectivity index (χ1n) is 4.16. The predicted octanol–water partition coefficient (Wildman–Crippen LogP) is 1.22. The highest BCUT2D eigenvalue weighted by Crippen LogP contribution is 2.15. The number of aromatic nitrogens is 1. The molecular formula is C9H11N3O2. The minimum atomic E-state index is -0.487. The van der Waals surface area contributed by atoms with Crippen molar-refractivity contribution in [3.8, 4) is 0 Å². The summed E-state index contributed by atoms with van der Waals surface area (Å²) in [7, 11) is 1.81. The molecule has 1 aromatic rings. The van der Waals surface area contributed by atoms with E-state index in [-0.39, 0.29) is 5.82 Å². The normalized spacial score (nSPS) is 10.6. The summed E-state index contributed by atoms with van der Waals surface area (Å²) in [4.78, 5) is 13.7. The van der Waals surface area contributed by atoms with Crippen LogP contribution >= 0.6 is 0 Å². The Morgan fingerprint density at radius 1 is 1.71 bits per heavy atom. The zero-order valence-electron chi connectivity index (χ0n) is 7.80. The molecule has 5 heteroatoms. The summed E-state index contributed by atoms with van der Waals surface area (Å²) >= 11 is 0. The molecule has 0 saturated heterocycles. The predicted molar refractivity (Wildman–Crippen MR) is 53.9 cm³/mol. The number of pyridine rings is 1. The van der Waals surface area contributed by atoms with Crippen molar-refractivity contribution in [3.63, 3.8) is 0 Å². The van der Waals surface area contributed by atoms with Crippen molar-refractivity contribution < 1.29 is 4.92 Å². The summed E-state index contributed by atoms with van der Waals surface area (Å²) in [6.07, 6.45) is 4.90. The molecule has 1 N–H and O–H groups in total. The lowest BCUT2D eigenvalue weighted by Gasteiger charge is -1.95. The summed E-state index contributed by atoms with van der Waals surface area (Å²) in [5.74, 6) is -0.111. The molecule has 0 unspecified atom stereocenters. The molecular weight excluding hydrogens is 182 g/mol. The Labute approximate surface area is 81.6 Å². The molecule has 5 nitrogen and oxygen atoms in total. The molecule has 14 heavy (non-hydrogen) atoms. The van der Waals surface area contributed by atoms with Crippen molar-refractivity contribution in [1.29, 1.82) is 0 Å². The van der Waals surface area contributed by atoms with E-state index in [9.17, 15) is 10.1 Å². The Morgan fingerprint density at radius 2 is 2.50 bits per heavy atom. The molecule has 0 aliphatic rings. The van der Waals surface area contributed by atoms with Crippen LogP contribution in [0.2, 0.25) is 0 Å². The van der Waals surface area contributed by atoms with Gasteiger partial charge in [0.25, 0.3) is 0 Å². The maximum Gasteiger partial charge on any atom is 0.370 e. The molecule has 0 atom stereocenters. The maximum atomic E-state index is 10.5. The van der Waals surface area contributed by atoms with Crippen molar-refractivity contribution in [2.75, 3.05) is 13.6 Å². The van der Waals surface area contributed by atoms with E-state index in [1.165, 1.54) is 6.20 Å². The van der Waals surface area contributed by atoms with Gasteiger partial charge in [-0.2, -0.15) is 0 Å². The zero-order valence-corrected chi connectivity index (χ0v) is 7.80. The van der Waals surface area contributed by atoms with Gasteiger partial charge in [0.1, 0.15) is 6.20 Å². The fraction of sp³-hybridized carbons (Fsp3) is 0.222. The molecule has 1 rings (SSSR count). The molecule has 0 bridgehead atoms. The van der Waals surface area contributed by atoms with Gasteiger partial charge in [-0.05, 0) is 35.2 Å². The zero-order chi connectivity index (χ0) is 10.4. The van der Waals surface area contributed by atoms with Crippen LogP contribution in [-0.2, 0) is 0 Å². The highest BCUT2D eigenvalue weighted by atomic mass is 16.6. The topological polar surface area (TPSA) is 68.1 Å². The molecule has 0 saturated carbocycles. The molecule has 74 valence electrons. The number of hydrogen-bond donors (Lipinski definition) is 1. The summed E-state index contributed by atoms with van der Waals surface area (Å²) in [6, 6.07) is 3.34. The minimum Gasteiger partial charge on any atom is -0.358 e. The van der Waals surface area contributed by atoms with E-state index in [1.54, 1.807) is 18.2 Å². The standard InChI is InChI=1S/C9H11N3O2/c1-10-6-2-4-8-5-3-7-11-9(8)12(13)14/h2-5,7,10H,6H2,1H3. The third kappa shape index (κ3) is 2.63. The van der Waals surface area contributed by atoms with Crippen LogP contribution in [0, 0.1) is 10.1 Å². The molecule has 1 heterocycles. The lowest BCUT2D eigenvalue weighted by atomic mass is 10.2. The van der Waals surface area contributed by atoms with E-state index in [2.05, 4.69) is 10.3 Å². The highest BCUT2D eigenvalue weighted by Gasteiger charge is 2.10. The van der Waals surface area contributed by atoms with Gasteiger partial charge >= 0.3 is 5.82 Å². The highest BCUT2D eigenvalue weighted by molar-refractivity contribution is 5.57. The second-order valence-electron chi connectivity index (χ2n) is 2.63. The number of nitrogens with one attached hydrogen (secondary N) is 1. The second kappa shape index (κ2) is 5.08. The van der Waals surface area contributed by atoms with Crippen molar-refractivity contribution in [2.24, 2.45) is 0 Å². The average molecular weight is 193 g/mol.